The largest absolute Gasteiger partial charge is 0.378 e. The Balaban J connectivity index is 1.65. The molecule has 0 aliphatic carbocycles. The van der Waals surface area contributed by atoms with Gasteiger partial charge in [-0.15, -0.1) is 0 Å². The summed E-state index contributed by atoms with van der Waals surface area (Å²) in [4.78, 5) is 22.5. The van der Waals surface area contributed by atoms with Crippen LogP contribution in [0.2, 0.25) is 5.15 Å². The lowest BCUT2D eigenvalue weighted by molar-refractivity contribution is 0.102. The Labute approximate surface area is 133 Å². The number of nitrogens with one attached hydrogen (secondary N) is 1. The van der Waals surface area contributed by atoms with E-state index in [1.165, 1.54) is 6.20 Å². The summed E-state index contributed by atoms with van der Waals surface area (Å²) in [5.74, 6) is 0.638. The average Bonchev–Trinajstić information content (AvgIpc) is 2.57. The van der Waals surface area contributed by atoms with E-state index in [2.05, 4.69) is 20.2 Å². The molecule has 0 atom stereocenters. The van der Waals surface area contributed by atoms with Crippen molar-refractivity contribution in [1.29, 1.82) is 0 Å². The van der Waals surface area contributed by atoms with E-state index in [0.717, 1.165) is 18.9 Å². The van der Waals surface area contributed by atoms with Crippen molar-refractivity contribution in [1.82, 2.24) is 9.97 Å². The molecule has 1 amide bonds. The monoisotopic (exact) mass is 318 g/mol. The quantitative estimate of drug-likeness (QED) is 0.879. The zero-order valence-electron chi connectivity index (χ0n) is 11.8. The number of pyridine rings is 2. The number of amides is 1. The number of ether oxygens (including phenoxy) is 1. The van der Waals surface area contributed by atoms with Gasteiger partial charge in [0, 0.05) is 19.3 Å². The lowest BCUT2D eigenvalue weighted by atomic mass is 10.2. The fourth-order valence-electron chi connectivity index (χ4n) is 2.15. The van der Waals surface area contributed by atoms with Crippen molar-refractivity contribution in [2.75, 3.05) is 36.5 Å². The molecule has 1 aliphatic heterocycles. The minimum absolute atomic E-state index is 0.245. The minimum atomic E-state index is -0.245. The summed E-state index contributed by atoms with van der Waals surface area (Å²) >= 11 is 5.70. The zero-order chi connectivity index (χ0) is 15.4. The third-order valence-corrected chi connectivity index (χ3v) is 3.55. The van der Waals surface area contributed by atoms with Crippen molar-refractivity contribution in [3.63, 3.8) is 0 Å². The maximum atomic E-state index is 12.1. The summed E-state index contributed by atoms with van der Waals surface area (Å²) in [6.07, 6.45) is 3.08. The van der Waals surface area contributed by atoms with Crippen LogP contribution < -0.4 is 10.2 Å². The lowest BCUT2D eigenvalue weighted by Crippen LogP contribution is -2.36. The molecule has 1 fully saturated rings. The van der Waals surface area contributed by atoms with Crippen molar-refractivity contribution < 1.29 is 9.53 Å². The molecule has 0 bridgehead atoms. The molecule has 3 heterocycles. The number of hydrogen-bond donors (Lipinski definition) is 1. The third kappa shape index (κ3) is 3.52. The Morgan fingerprint density at radius 1 is 1.14 bits per heavy atom. The Hall–Kier alpha value is -2.18. The Kier molecular flexibility index (Phi) is 4.50. The number of rotatable bonds is 3. The number of anilines is 2. The van der Waals surface area contributed by atoms with Gasteiger partial charge in [-0.2, -0.15) is 0 Å². The maximum absolute atomic E-state index is 12.1. The topological polar surface area (TPSA) is 67.4 Å². The van der Waals surface area contributed by atoms with Crippen LogP contribution in [0, 0.1) is 0 Å². The Morgan fingerprint density at radius 3 is 2.59 bits per heavy atom. The van der Waals surface area contributed by atoms with Gasteiger partial charge in [-0.3, -0.25) is 4.79 Å². The van der Waals surface area contributed by atoms with E-state index in [-0.39, 0.29) is 5.91 Å². The van der Waals surface area contributed by atoms with Gasteiger partial charge in [-0.05, 0) is 24.3 Å². The molecule has 1 N–H and O–H groups in total. The van der Waals surface area contributed by atoms with Crippen molar-refractivity contribution >= 4 is 29.0 Å². The summed E-state index contributed by atoms with van der Waals surface area (Å²) < 4.78 is 5.31. The molecule has 6 nitrogen and oxygen atoms in total. The van der Waals surface area contributed by atoms with Gasteiger partial charge in [-0.1, -0.05) is 11.6 Å². The molecule has 7 heteroatoms. The first-order valence-electron chi connectivity index (χ1n) is 6.94. The van der Waals surface area contributed by atoms with Crippen LogP contribution in [-0.2, 0) is 4.74 Å². The van der Waals surface area contributed by atoms with Crippen LogP contribution in [-0.4, -0.2) is 42.2 Å². The molecular weight excluding hydrogens is 304 g/mol. The molecule has 22 heavy (non-hydrogen) atoms. The molecule has 3 rings (SSSR count). The molecule has 1 aliphatic rings. The second-order valence-electron chi connectivity index (χ2n) is 4.83. The smallest absolute Gasteiger partial charge is 0.257 e. The fraction of sp³-hybridized carbons (Fsp3) is 0.267. The summed E-state index contributed by atoms with van der Waals surface area (Å²) in [5.41, 5.74) is 1.08. The number of halogens is 1. The highest BCUT2D eigenvalue weighted by atomic mass is 35.5. The molecule has 2 aromatic rings. The molecule has 0 aromatic carbocycles. The van der Waals surface area contributed by atoms with E-state index in [4.69, 9.17) is 16.3 Å². The Morgan fingerprint density at radius 2 is 1.95 bits per heavy atom. The first kappa shape index (κ1) is 14.7. The SMILES string of the molecule is O=C(Nc1ccc(N2CCOCC2)nc1)c1ccc(Cl)nc1. The lowest BCUT2D eigenvalue weighted by Gasteiger charge is -2.27. The number of morpholine rings is 1. The summed E-state index contributed by atoms with van der Waals surface area (Å²) in [7, 11) is 0. The number of carbonyl (C=O) groups excluding carboxylic acids is 1. The summed E-state index contributed by atoms with van der Waals surface area (Å²) in [6, 6.07) is 6.93. The Bertz CT molecular complexity index is 640. The van der Waals surface area contributed by atoms with Crippen LogP contribution in [0.4, 0.5) is 11.5 Å². The van der Waals surface area contributed by atoms with E-state index >= 15 is 0 Å². The minimum Gasteiger partial charge on any atom is -0.378 e. The molecule has 0 unspecified atom stereocenters. The molecule has 1 saturated heterocycles. The molecule has 114 valence electrons. The molecule has 0 radical (unpaired) electrons. The van der Waals surface area contributed by atoms with Gasteiger partial charge < -0.3 is 15.0 Å². The predicted octanol–water partition coefficient (Wildman–Crippen LogP) is 2.22. The van der Waals surface area contributed by atoms with E-state index in [0.29, 0.717) is 29.6 Å². The highest BCUT2D eigenvalue weighted by Gasteiger charge is 2.12. The second kappa shape index (κ2) is 6.72. The third-order valence-electron chi connectivity index (χ3n) is 3.33. The first-order chi connectivity index (χ1) is 10.7. The van der Waals surface area contributed by atoms with Gasteiger partial charge in [0.05, 0.1) is 30.7 Å². The van der Waals surface area contributed by atoms with Crippen LogP contribution in [0.3, 0.4) is 0 Å². The maximum Gasteiger partial charge on any atom is 0.257 e. The van der Waals surface area contributed by atoms with E-state index in [1.807, 2.05) is 12.1 Å². The summed E-state index contributed by atoms with van der Waals surface area (Å²) in [6.45, 7) is 3.08. The van der Waals surface area contributed by atoms with Crippen LogP contribution in [0.25, 0.3) is 0 Å². The van der Waals surface area contributed by atoms with E-state index in [1.54, 1.807) is 18.3 Å². The average molecular weight is 319 g/mol. The number of nitrogens with zero attached hydrogens (tertiary/aromatic N) is 3. The standard InChI is InChI=1S/C15H15ClN4O2/c16-13-3-1-11(9-17-13)15(21)19-12-2-4-14(18-10-12)20-5-7-22-8-6-20/h1-4,9-10H,5-8H2,(H,19,21). The highest BCUT2D eigenvalue weighted by Crippen LogP contribution is 2.16. The molecule has 0 spiro atoms. The number of hydrogen-bond acceptors (Lipinski definition) is 5. The van der Waals surface area contributed by atoms with Crippen LogP contribution >= 0.6 is 11.6 Å². The van der Waals surface area contributed by atoms with E-state index < -0.39 is 0 Å². The zero-order valence-corrected chi connectivity index (χ0v) is 12.6. The van der Waals surface area contributed by atoms with Crippen molar-refractivity contribution in [2.24, 2.45) is 0 Å². The fourth-order valence-corrected chi connectivity index (χ4v) is 2.26. The molecule has 2 aromatic heterocycles. The van der Waals surface area contributed by atoms with Crippen LogP contribution in [0.15, 0.2) is 36.7 Å². The normalized spacial score (nSPS) is 14.7. The van der Waals surface area contributed by atoms with Crippen molar-refractivity contribution in [3.05, 3.63) is 47.4 Å². The predicted molar refractivity (Wildman–Crippen MR) is 84.5 cm³/mol. The molecule has 0 saturated carbocycles. The van der Waals surface area contributed by atoms with Gasteiger partial charge in [0.25, 0.3) is 5.91 Å². The second-order valence-corrected chi connectivity index (χ2v) is 5.22. The highest BCUT2D eigenvalue weighted by molar-refractivity contribution is 6.29. The van der Waals surface area contributed by atoms with Gasteiger partial charge in [-0.25, -0.2) is 9.97 Å². The van der Waals surface area contributed by atoms with Gasteiger partial charge >= 0.3 is 0 Å². The number of aromatic nitrogens is 2. The van der Waals surface area contributed by atoms with Crippen LogP contribution in [0.1, 0.15) is 10.4 Å². The van der Waals surface area contributed by atoms with E-state index in [9.17, 15) is 4.79 Å². The first-order valence-corrected chi connectivity index (χ1v) is 7.32. The van der Waals surface area contributed by atoms with Crippen molar-refractivity contribution in [2.45, 2.75) is 0 Å². The van der Waals surface area contributed by atoms with Gasteiger partial charge in [0.1, 0.15) is 11.0 Å². The van der Waals surface area contributed by atoms with Gasteiger partial charge in [0.15, 0.2) is 0 Å². The molecular formula is C15H15ClN4O2. The van der Waals surface area contributed by atoms with Crippen molar-refractivity contribution in [3.8, 4) is 0 Å². The van der Waals surface area contributed by atoms with Gasteiger partial charge in [0.2, 0.25) is 0 Å². The number of carbonyl (C=O) groups is 1. The van der Waals surface area contributed by atoms with Crippen LogP contribution in [0.5, 0.6) is 0 Å². The summed E-state index contributed by atoms with van der Waals surface area (Å²) in [5, 5.41) is 3.13.